The topological polar surface area (TPSA) is 158 Å². The summed E-state index contributed by atoms with van der Waals surface area (Å²) in [5, 5.41) is 13.5. The maximum absolute atomic E-state index is 13.0. The van der Waals surface area contributed by atoms with Crippen molar-refractivity contribution in [3.63, 3.8) is 0 Å². The lowest BCUT2D eigenvalue weighted by molar-refractivity contribution is -0.139. The number of aryl methyl sites for hydroxylation is 1. The van der Waals surface area contributed by atoms with Gasteiger partial charge in [-0.1, -0.05) is 48.5 Å². The van der Waals surface area contributed by atoms with Gasteiger partial charge in [-0.05, 0) is 79.3 Å². The van der Waals surface area contributed by atoms with Crippen LogP contribution in [0.3, 0.4) is 0 Å². The maximum atomic E-state index is 13.0. The van der Waals surface area contributed by atoms with Crippen LogP contribution in [-0.4, -0.2) is 84.6 Å². The van der Waals surface area contributed by atoms with Gasteiger partial charge in [-0.25, -0.2) is 9.78 Å². The van der Waals surface area contributed by atoms with Gasteiger partial charge < -0.3 is 35.9 Å². The number of aromatic nitrogens is 2. The normalized spacial score (nSPS) is 14.8. The van der Waals surface area contributed by atoms with Crippen molar-refractivity contribution in [2.24, 2.45) is 0 Å². The van der Waals surface area contributed by atoms with Crippen LogP contribution in [0.1, 0.15) is 44.0 Å². The Balaban J connectivity index is 1.13. The largest absolute Gasteiger partial charge is 0.453 e. The fourth-order valence-corrected chi connectivity index (χ4v) is 6.07. The highest BCUT2D eigenvalue weighted by Gasteiger charge is 2.36. The number of unbranched alkanes of at least 4 members (excludes halogenated alkanes) is 1. The third-order valence-electron chi connectivity index (χ3n) is 8.76. The summed E-state index contributed by atoms with van der Waals surface area (Å²) in [6.07, 6.45) is 5.14. The van der Waals surface area contributed by atoms with Crippen LogP contribution in [0.15, 0.2) is 66.9 Å². The van der Waals surface area contributed by atoms with Gasteiger partial charge in [-0.2, -0.15) is 0 Å². The first kappa shape index (κ1) is 35.1. The van der Waals surface area contributed by atoms with Gasteiger partial charge in [0.25, 0.3) is 0 Å². The minimum atomic E-state index is -0.785. The van der Waals surface area contributed by atoms with Crippen molar-refractivity contribution in [1.29, 1.82) is 0 Å². The molecule has 3 aromatic carbocycles. The number of carbonyl (C=O) groups is 4. The molecule has 0 bridgehead atoms. The van der Waals surface area contributed by atoms with E-state index in [1.807, 2.05) is 30.5 Å². The van der Waals surface area contributed by atoms with Crippen molar-refractivity contribution in [2.45, 2.75) is 57.7 Å². The molecule has 1 aromatic heterocycles. The van der Waals surface area contributed by atoms with Gasteiger partial charge in [0.15, 0.2) is 0 Å². The molecule has 49 heavy (non-hydrogen) atoms. The molecule has 1 saturated heterocycles. The number of likely N-dealkylation sites (N-methyl/N-ethyl adjacent to an activating group) is 1. The molecule has 2 heterocycles. The van der Waals surface area contributed by atoms with Gasteiger partial charge in [0, 0.05) is 31.6 Å². The first-order valence-corrected chi connectivity index (χ1v) is 16.8. The van der Waals surface area contributed by atoms with Crippen molar-refractivity contribution >= 4 is 34.6 Å². The molecule has 4 amide bonds. The second-order valence-corrected chi connectivity index (χ2v) is 12.3. The third kappa shape index (κ3) is 9.23. The molecule has 258 valence electrons. The van der Waals surface area contributed by atoms with Crippen LogP contribution in [0.5, 0.6) is 0 Å². The van der Waals surface area contributed by atoms with Gasteiger partial charge in [0.2, 0.25) is 17.7 Å². The number of H-pyrrole nitrogens is 1. The summed E-state index contributed by atoms with van der Waals surface area (Å²) in [6, 6.07) is 19.5. The fourth-order valence-electron chi connectivity index (χ4n) is 6.07. The van der Waals surface area contributed by atoms with Crippen LogP contribution >= 0.6 is 0 Å². The Morgan fingerprint density at radius 1 is 0.959 bits per heavy atom. The molecule has 0 saturated carbocycles. The molecule has 5 N–H and O–H groups in total. The number of benzene rings is 3. The summed E-state index contributed by atoms with van der Waals surface area (Å²) >= 11 is 0. The van der Waals surface area contributed by atoms with E-state index in [-0.39, 0.29) is 17.7 Å². The molecule has 5 rings (SSSR count). The lowest BCUT2D eigenvalue weighted by atomic mass is 9.98. The highest BCUT2D eigenvalue weighted by molar-refractivity contribution is 5.92. The fraction of sp³-hybridized carbons (Fsp3) is 0.378. The van der Waals surface area contributed by atoms with Gasteiger partial charge in [0.05, 0.1) is 25.5 Å². The van der Waals surface area contributed by atoms with E-state index in [4.69, 9.17) is 0 Å². The summed E-state index contributed by atoms with van der Waals surface area (Å²) in [5.74, 6) is 0.435. The van der Waals surface area contributed by atoms with Crippen molar-refractivity contribution in [3.05, 3.63) is 78.2 Å². The van der Waals surface area contributed by atoms with Crippen molar-refractivity contribution in [3.8, 4) is 22.4 Å². The number of aromatic amines is 1. The van der Waals surface area contributed by atoms with E-state index < -0.39 is 18.2 Å². The number of nitrogens with one attached hydrogen (secondary N) is 5. The molecule has 12 heteroatoms. The number of nitrogens with zero attached hydrogens (tertiary/aromatic N) is 2. The number of imidazole rings is 1. The quantitative estimate of drug-likeness (QED) is 0.128. The molecule has 2 unspecified atom stereocenters. The lowest BCUT2D eigenvalue weighted by Crippen LogP contribution is -2.52. The van der Waals surface area contributed by atoms with E-state index in [9.17, 15) is 19.2 Å². The van der Waals surface area contributed by atoms with E-state index >= 15 is 0 Å². The van der Waals surface area contributed by atoms with Crippen LogP contribution in [-0.2, 0) is 32.1 Å². The standard InChI is InChI=1S/C37H45N7O5/c1-24(42-37(48)49-3)36(47)44-18-6-7-32(44)35(46)41-21-25-9-11-26(12-10-25)27-13-14-29-20-30(16-15-28(29)19-27)31-22-40-33(43-31)8-4-5-17-39-34(45)23-38-2/h9-16,19-20,22,24,32,38H,4-8,17-18,21,23H2,1-3H3,(H,39,45)(H,40,43)(H,41,46)(H,42,48). The third-order valence-corrected chi connectivity index (χ3v) is 8.76. The first-order chi connectivity index (χ1) is 23.7. The number of hydrogen-bond donors (Lipinski definition) is 5. The molecule has 2 atom stereocenters. The van der Waals surface area contributed by atoms with Gasteiger partial charge in [-0.15, -0.1) is 0 Å². The maximum Gasteiger partial charge on any atom is 0.407 e. The second-order valence-electron chi connectivity index (χ2n) is 12.3. The number of amides is 4. The Morgan fingerprint density at radius 3 is 2.41 bits per heavy atom. The number of fused-ring (bicyclic) bond motifs is 1. The molecule has 0 spiro atoms. The molecule has 12 nitrogen and oxygen atoms in total. The lowest BCUT2D eigenvalue weighted by Gasteiger charge is -2.27. The zero-order chi connectivity index (χ0) is 34.8. The number of rotatable bonds is 14. The minimum Gasteiger partial charge on any atom is -0.453 e. The molecule has 1 aliphatic rings. The number of carbonyl (C=O) groups excluding carboxylic acids is 4. The number of ether oxygens (including phenoxy) is 1. The molecule has 4 aromatic rings. The van der Waals surface area contributed by atoms with E-state index in [0.717, 1.165) is 70.2 Å². The van der Waals surface area contributed by atoms with E-state index in [0.29, 0.717) is 32.6 Å². The van der Waals surface area contributed by atoms with Gasteiger partial charge in [0.1, 0.15) is 17.9 Å². The zero-order valence-corrected chi connectivity index (χ0v) is 28.3. The predicted molar refractivity (Wildman–Crippen MR) is 188 cm³/mol. The SMILES string of the molecule is CNCC(=O)NCCCCc1ncc(-c2ccc3cc(-c4ccc(CNC(=O)C5CCCN5C(=O)C(C)NC(=O)OC)cc4)ccc3c2)[nH]1. The van der Waals surface area contributed by atoms with Crippen LogP contribution in [0.4, 0.5) is 4.79 Å². The molecule has 0 aliphatic carbocycles. The van der Waals surface area contributed by atoms with Gasteiger partial charge >= 0.3 is 6.09 Å². The molecule has 1 fully saturated rings. The Hall–Kier alpha value is -5.23. The number of methoxy groups -OCH3 is 1. The second kappa shape index (κ2) is 16.7. The van der Waals surface area contributed by atoms with Crippen LogP contribution in [0.25, 0.3) is 33.2 Å². The Kier molecular flexibility index (Phi) is 12.0. The Bertz CT molecular complexity index is 1770. The van der Waals surface area contributed by atoms with E-state index in [1.165, 1.54) is 12.0 Å². The van der Waals surface area contributed by atoms with Crippen molar-refractivity contribution in [1.82, 2.24) is 36.1 Å². The average molecular weight is 668 g/mol. The number of likely N-dealkylation sites (tertiary alicyclic amines) is 1. The Morgan fingerprint density at radius 2 is 1.67 bits per heavy atom. The van der Waals surface area contributed by atoms with Gasteiger partial charge in [-0.3, -0.25) is 14.4 Å². The minimum absolute atomic E-state index is 0.00937. The van der Waals surface area contributed by atoms with Crippen LogP contribution in [0.2, 0.25) is 0 Å². The first-order valence-electron chi connectivity index (χ1n) is 16.8. The molecule has 0 radical (unpaired) electrons. The van der Waals surface area contributed by atoms with Crippen molar-refractivity contribution < 1.29 is 23.9 Å². The average Bonchev–Trinajstić information content (AvgIpc) is 3.81. The smallest absolute Gasteiger partial charge is 0.407 e. The summed E-state index contributed by atoms with van der Waals surface area (Å²) in [5.41, 5.74) is 5.16. The molecular weight excluding hydrogens is 622 g/mol. The zero-order valence-electron chi connectivity index (χ0n) is 28.3. The summed E-state index contributed by atoms with van der Waals surface area (Å²) in [4.78, 5) is 58.5. The van der Waals surface area contributed by atoms with E-state index in [2.05, 4.69) is 72.4 Å². The number of alkyl carbamates (subject to hydrolysis) is 1. The van der Waals surface area contributed by atoms with Crippen LogP contribution < -0.4 is 21.3 Å². The highest BCUT2D eigenvalue weighted by atomic mass is 16.5. The summed E-state index contributed by atoms with van der Waals surface area (Å²) < 4.78 is 4.58. The monoisotopic (exact) mass is 667 g/mol. The van der Waals surface area contributed by atoms with Crippen LogP contribution in [0, 0.1) is 0 Å². The molecule has 1 aliphatic heterocycles. The summed E-state index contributed by atoms with van der Waals surface area (Å²) in [7, 11) is 2.99. The number of hydrogen-bond acceptors (Lipinski definition) is 7. The Labute approximate surface area is 286 Å². The summed E-state index contributed by atoms with van der Waals surface area (Å²) in [6.45, 7) is 3.39. The predicted octanol–water partition coefficient (Wildman–Crippen LogP) is 3.91. The molecular formula is C37H45N7O5. The van der Waals surface area contributed by atoms with E-state index in [1.54, 1.807) is 14.0 Å². The van der Waals surface area contributed by atoms with Crippen molar-refractivity contribution in [2.75, 3.05) is 33.8 Å². The highest BCUT2D eigenvalue weighted by Crippen LogP contribution is 2.28.